The first-order valence-corrected chi connectivity index (χ1v) is 17.6. The number of amides is 2. The predicted molar refractivity (Wildman–Crippen MR) is 178 cm³/mol. The minimum atomic E-state index is 0.0175. The highest BCUT2D eigenvalue weighted by atomic mass is 32.1. The van der Waals surface area contributed by atoms with Crippen molar-refractivity contribution in [3.63, 3.8) is 0 Å². The van der Waals surface area contributed by atoms with Gasteiger partial charge >= 0.3 is 0 Å². The van der Waals surface area contributed by atoms with Crippen LogP contribution in [0.1, 0.15) is 92.9 Å². The van der Waals surface area contributed by atoms with Crippen LogP contribution in [0.4, 0.5) is 10.3 Å². The van der Waals surface area contributed by atoms with Gasteiger partial charge in [-0.1, -0.05) is 43.5 Å². The smallest absolute Gasteiger partial charge is 0.226 e. The van der Waals surface area contributed by atoms with E-state index in [1.54, 1.807) is 0 Å². The van der Waals surface area contributed by atoms with E-state index in [2.05, 4.69) is 57.0 Å². The van der Waals surface area contributed by atoms with Crippen LogP contribution in [0.3, 0.4) is 0 Å². The molecule has 2 aromatic carbocycles. The second-order valence-corrected chi connectivity index (χ2v) is 13.5. The van der Waals surface area contributed by atoms with Crippen molar-refractivity contribution in [3.05, 3.63) is 69.4 Å². The Morgan fingerprint density at radius 2 is 1.00 bits per heavy atom. The van der Waals surface area contributed by atoms with Crippen molar-refractivity contribution in [1.82, 2.24) is 9.97 Å². The first-order valence-electron chi connectivity index (χ1n) is 15.9. The Hall–Kier alpha value is -3.36. The molecular formula is C35H40N4O2S2. The maximum Gasteiger partial charge on any atom is 0.226 e. The second kappa shape index (κ2) is 14.4. The summed E-state index contributed by atoms with van der Waals surface area (Å²) in [6, 6.07) is 13.3. The molecule has 0 bridgehead atoms. The molecule has 0 saturated carbocycles. The lowest BCUT2D eigenvalue weighted by Gasteiger charge is -2.16. The fourth-order valence-corrected chi connectivity index (χ4v) is 7.65. The molecule has 4 aromatic rings. The minimum Gasteiger partial charge on any atom is -0.302 e. The zero-order valence-electron chi connectivity index (χ0n) is 24.8. The molecule has 0 fully saturated rings. The van der Waals surface area contributed by atoms with Crippen LogP contribution < -0.4 is 10.6 Å². The number of rotatable bonds is 12. The van der Waals surface area contributed by atoms with Gasteiger partial charge in [-0.25, -0.2) is 9.97 Å². The number of hydrogen-bond acceptors (Lipinski definition) is 6. The highest BCUT2D eigenvalue weighted by Crippen LogP contribution is 2.31. The number of nitrogens with zero attached hydrogens (tertiary/aromatic N) is 2. The summed E-state index contributed by atoms with van der Waals surface area (Å²) in [6.45, 7) is 0. The number of nitrogens with one attached hydrogen (secondary N) is 2. The molecule has 0 aliphatic heterocycles. The number of carbonyl (C=O) groups excluding carboxylic acids is 2. The molecule has 6 rings (SSSR count). The van der Waals surface area contributed by atoms with Gasteiger partial charge in [-0.3, -0.25) is 9.59 Å². The Bertz CT molecular complexity index is 1460. The number of thiazole rings is 2. The molecule has 0 atom stereocenters. The lowest BCUT2D eigenvalue weighted by Crippen LogP contribution is -2.11. The van der Waals surface area contributed by atoms with Gasteiger partial charge in [-0.05, 0) is 98.6 Å². The number of anilines is 2. The van der Waals surface area contributed by atoms with E-state index in [1.807, 2.05) is 10.8 Å². The van der Waals surface area contributed by atoms with Gasteiger partial charge in [-0.2, -0.15) is 0 Å². The van der Waals surface area contributed by atoms with Gasteiger partial charge in [0.05, 0.1) is 11.4 Å². The molecule has 2 N–H and O–H groups in total. The van der Waals surface area contributed by atoms with Crippen LogP contribution in [-0.2, 0) is 35.3 Å². The quantitative estimate of drug-likeness (QED) is 0.156. The zero-order chi connectivity index (χ0) is 29.4. The van der Waals surface area contributed by atoms with Crippen molar-refractivity contribution in [2.75, 3.05) is 10.6 Å². The molecule has 2 amide bonds. The first-order chi connectivity index (χ1) is 21.1. The molecule has 43 heavy (non-hydrogen) atoms. The highest BCUT2D eigenvalue weighted by Gasteiger charge is 2.14. The van der Waals surface area contributed by atoms with E-state index in [-0.39, 0.29) is 11.8 Å². The van der Waals surface area contributed by atoms with E-state index >= 15 is 0 Å². The van der Waals surface area contributed by atoms with Crippen molar-refractivity contribution >= 4 is 44.8 Å². The van der Waals surface area contributed by atoms with Crippen LogP contribution in [0.15, 0.2) is 47.2 Å². The molecule has 224 valence electrons. The second-order valence-electron chi connectivity index (χ2n) is 11.8. The number of aryl methyl sites for hydroxylation is 4. The minimum absolute atomic E-state index is 0.0175. The van der Waals surface area contributed by atoms with Gasteiger partial charge in [0.2, 0.25) is 11.8 Å². The van der Waals surface area contributed by atoms with Crippen LogP contribution in [0.2, 0.25) is 0 Å². The summed E-state index contributed by atoms with van der Waals surface area (Å²) in [5.74, 6) is 0.0350. The number of aromatic nitrogens is 2. The number of benzene rings is 2. The fraction of sp³-hybridized carbons (Fsp3) is 0.429. The Balaban J connectivity index is 0.849. The van der Waals surface area contributed by atoms with Crippen LogP contribution in [0, 0.1) is 0 Å². The summed E-state index contributed by atoms with van der Waals surface area (Å²) in [7, 11) is 0. The lowest BCUT2D eigenvalue weighted by molar-refractivity contribution is -0.117. The number of carbonyl (C=O) groups is 2. The topological polar surface area (TPSA) is 84.0 Å². The van der Waals surface area contributed by atoms with Crippen molar-refractivity contribution in [2.45, 2.75) is 96.3 Å². The van der Waals surface area contributed by atoms with Crippen LogP contribution >= 0.6 is 22.7 Å². The Kier molecular flexibility index (Phi) is 9.95. The maximum atomic E-state index is 12.5. The molecule has 2 aromatic heterocycles. The molecule has 0 unspecified atom stereocenters. The lowest BCUT2D eigenvalue weighted by atomic mass is 9.90. The van der Waals surface area contributed by atoms with Crippen molar-refractivity contribution in [1.29, 1.82) is 0 Å². The largest absolute Gasteiger partial charge is 0.302 e. The van der Waals surface area contributed by atoms with Gasteiger partial charge in [-0.15, -0.1) is 22.7 Å². The summed E-state index contributed by atoms with van der Waals surface area (Å²) in [5.41, 5.74) is 9.94. The number of hydrogen-bond donors (Lipinski definition) is 2. The number of unbranched alkanes of at least 4 members (excludes halogenated alkanes) is 4. The molecule has 0 saturated heterocycles. The third-order valence-electron chi connectivity index (χ3n) is 8.60. The summed E-state index contributed by atoms with van der Waals surface area (Å²) < 4.78 is 0. The van der Waals surface area contributed by atoms with E-state index in [9.17, 15) is 9.59 Å². The number of fused-ring (bicyclic) bond motifs is 2. The highest BCUT2D eigenvalue weighted by molar-refractivity contribution is 7.14. The first kappa shape index (κ1) is 29.7. The molecular weight excluding hydrogens is 573 g/mol. The fourth-order valence-electron chi connectivity index (χ4n) is 6.18. The van der Waals surface area contributed by atoms with Crippen molar-refractivity contribution in [3.8, 4) is 22.5 Å². The molecule has 8 heteroatoms. The van der Waals surface area contributed by atoms with E-state index in [1.165, 1.54) is 83.5 Å². The van der Waals surface area contributed by atoms with Gasteiger partial charge in [0.1, 0.15) is 0 Å². The average Bonchev–Trinajstić information content (AvgIpc) is 3.70. The molecule has 2 aliphatic carbocycles. The predicted octanol–water partition coefficient (Wildman–Crippen LogP) is 9.00. The van der Waals surface area contributed by atoms with Crippen molar-refractivity contribution in [2.24, 2.45) is 0 Å². The molecule has 2 heterocycles. The SMILES string of the molecule is O=C(CCCCCCCC(=O)Nc1nc(-c2ccc3c(c2)CCCC3)cs1)Nc1nc(-c2ccc3c(c2)CCCC3)cs1. The van der Waals surface area contributed by atoms with E-state index in [0.29, 0.717) is 23.1 Å². The van der Waals surface area contributed by atoms with Gasteiger partial charge < -0.3 is 10.6 Å². The Morgan fingerprint density at radius 1 is 0.581 bits per heavy atom. The summed E-state index contributed by atoms with van der Waals surface area (Å²) in [4.78, 5) is 34.2. The normalized spacial score (nSPS) is 14.1. The third-order valence-corrected chi connectivity index (χ3v) is 10.1. The van der Waals surface area contributed by atoms with Crippen LogP contribution in [0.5, 0.6) is 0 Å². The monoisotopic (exact) mass is 612 g/mol. The standard InChI is InChI=1S/C35H40N4O2S2/c40-32(38-34-36-30(22-42-34)28-18-16-24-10-6-8-12-26(24)20-28)14-4-2-1-3-5-15-33(41)39-35-37-31(23-43-35)29-19-17-25-11-7-9-13-27(25)21-29/h16-23H,1-15H2,(H,36,38,40)(H,37,39,41). The maximum absolute atomic E-state index is 12.5. The van der Waals surface area contributed by atoms with E-state index < -0.39 is 0 Å². The Labute approximate surface area is 262 Å². The third kappa shape index (κ3) is 7.98. The average molecular weight is 613 g/mol. The molecule has 0 spiro atoms. The molecule has 6 nitrogen and oxygen atoms in total. The summed E-state index contributed by atoms with van der Waals surface area (Å²) in [6.07, 6.45) is 15.3. The summed E-state index contributed by atoms with van der Waals surface area (Å²) >= 11 is 2.97. The van der Waals surface area contributed by atoms with E-state index in [4.69, 9.17) is 0 Å². The van der Waals surface area contributed by atoms with Gasteiger partial charge in [0, 0.05) is 34.7 Å². The van der Waals surface area contributed by atoms with Crippen molar-refractivity contribution < 1.29 is 9.59 Å². The summed E-state index contributed by atoms with van der Waals surface area (Å²) in [5, 5.41) is 11.3. The van der Waals surface area contributed by atoms with Crippen LogP contribution in [0.25, 0.3) is 22.5 Å². The Morgan fingerprint density at radius 3 is 1.47 bits per heavy atom. The van der Waals surface area contributed by atoms with Crippen LogP contribution in [-0.4, -0.2) is 21.8 Å². The van der Waals surface area contributed by atoms with Gasteiger partial charge in [0.25, 0.3) is 0 Å². The zero-order valence-corrected chi connectivity index (χ0v) is 26.4. The molecule has 0 radical (unpaired) electrons. The van der Waals surface area contributed by atoms with Gasteiger partial charge in [0.15, 0.2) is 10.3 Å². The molecule has 2 aliphatic rings. The van der Waals surface area contributed by atoms with E-state index in [0.717, 1.165) is 67.5 Å².